The van der Waals surface area contributed by atoms with Gasteiger partial charge in [0.1, 0.15) is 0 Å². The lowest BCUT2D eigenvalue weighted by Gasteiger charge is -2.40. The van der Waals surface area contributed by atoms with Gasteiger partial charge in [0.25, 0.3) is 0 Å². The van der Waals surface area contributed by atoms with Crippen LogP contribution in [0.25, 0.3) is 0 Å². The lowest BCUT2D eigenvalue weighted by molar-refractivity contribution is 0.0948. The van der Waals surface area contributed by atoms with Crippen molar-refractivity contribution >= 4 is 0 Å². The second kappa shape index (κ2) is 6.81. The lowest BCUT2D eigenvalue weighted by atomic mass is 9.96. The van der Waals surface area contributed by atoms with Crippen LogP contribution in [0.15, 0.2) is 48.8 Å². The normalized spacial score (nSPS) is 20.3. The minimum atomic E-state index is 0.746. The van der Waals surface area contributed by atoms with Gasteiger partial charge in [-0.25, -0.2) is 0 Å². The highest BCUT2D eigenvalue weighted by atomic mass is 15.2. The quantitative estimate of drug-likeness (QED) is 0.868. The first-order valence-electron chi connectivity index (χ1n) is 8.80. The van der Waals surface area contributed by atoms with E-state index in [2.05, 4.69) is 57.4 Å². The molecule has 2 aromatic rings. The molecule has 1 saturated heterocycles. The first kappa shape index (κ1) is 14.9. The number of piperidine rings is 1. The van der Waals surface area contributed by atoms with E-state index in [0.717, 1.165) is 19.1 Å². The van der Waals surface area contributed by atoms with Crippen LogP contribution in [0, 0.1) is 0 Å². The third-order valence-electron chi connectivity index (χ3n) is 5.37. The van der Waals surface area contributed by atoms with Crippen molar-refractivity contribution in [2.45, 2.75) is 38.4 Å². The van der Waals surface area contributed by atoms with Gasteiger partial charge >= 0.3 is 0 Å². The van der Waals surface area contributed by atoms with E-state index >= 15 is 0 Å². The Morgan fingerprint density at radius 2 is 1.78 bits per heavy atom. The molecule has 120 valence electrons. The maximum atomic E-state index is 4.30. The molecule has 0 amide bonds. The van der Waals surface area contributed by atoms with Crippen molar-refractivity contribution in [2.24, 2.45) is 0 Å². The minimum Gasteiger partial charge on any atom is -0.299 e. The summed E-state index contributed by atoms with van der Waals surface area (Å²) in [5, 5.41) is 0. The largest absolute Gasteiger partial charge is 0.299 e. The predicted molar refractivity (Wildman–Crippen MR) is 93.1 cm³/mol. The van der Waals surface area contributed by atoms with E-state index < -0.39 is 0 Å². The summed E-state index contributed by atoms with van der Waals surface area (Å²) in [5.41, 5.74) is 4.37. The second-order valence-electron chi connectivity index (χ2n) is 6.86. The van der Waals surface area contributed by atoms with Gasteiger partial charge < -0.3 is 0 Å². The fourth-order valence-corrected chi connectivity index (χ4v) is 4.00. The number of benzene rings is 1. The van der Waals surface area contributed by atoms with Gasteiger partial charge in [-0.2, -0.15) is 0 Å². The van der Waals surface area contributed by atoms with E-state index in [9.17, 15) is 0 Å². The molecule has 4 rings (SSSR count). The SMILES string of the molecule is c1ccc(CN2CCC(N3CCc4ccncc4C3)CC2)cc1. The van der Waals surface area contributed by atoms with Gasteiger partial charge in [-0.15, -0.1) is 0 Å². The van der Waals surface area contributed by atoms with E-state index in [0.29, 0.717) is 0 Å². The highest BCUT2D eigenvalue weighted by molar-refractivity contribution is 5.25. The summed E-state index contributed by atoms with van der Waals surface area (Å²) < 4.78 is 0. The smallest absolute Gasteiger partial charge is 0.0315 e. The Morgan fingerprint density at radius 3 is 2.61 bits per heavy atom. The van der Waals surface area contributed by atoms with Crippen molar-refractivity contribution in [3.05, 3.63) is 65.5 Å². The zero-order valence-electron chi connectivity index (χ0n) is 13.7. The van der Waals surface area contributed by atoms with Crippen LogP contribution in [-0.2, 0) is 19.5 Å². The van der Waals surface area contributed by atoms with Gasteiger partial charge in [0.15, 0.2) is 0 Å². The van der Waals surface area contributed by atoms with Crippen molar-refractivity contribution < 1.29 is 0 Å². The molecule has 3 heteroatoms. The number of fused-ring (bicyclic) bond motifs is 1. The molecule has 1 fully saturated rings. The maximum Gasteiger partial charge on any atom is 0.0315 e. The third-order valence-corrected chi connectivity index (χ3v) is 5.37. The van der Waals surface area contributed by atoms with Crippen LogP contribution in [0.5, 0.6) is 0 Å². The number of likely N-dealkylation sites (tertiary alicyclic amines) is 1. The molecule has 0 atom stereocenters. The Kier molecular flexibility index (Phi) is 4.40. The molecule has 0 spiro atoms. The standard InChI is InChI=1S/C20H25N3/c1-2-4-17(5-3-1)15-22-11-8-20(9-12-22)23-13-7-18-6-10-21-14-19(18)16-23/h1-6,10,14,20H,7-9,11-13,15-16H2. The summed E-state index contributed by atoms with van der Waals surface area (Å²) in [6.45, 7) is 5.83. The lowest BCUT2D eigenvalue weighted by Crippen LogP contribution is -2.46. The summed E-state index contributed by atoms with van der Waals surface area (Å²) in [6.07, 6.45) is 7.76. The van der Waals surface area contributed by atoms with Crippen LogP contribution >= 0.6 is 0 Å². The Labute approximate surface area is 139 Å². The van der Waals surface area contributed by atoms with Crippen LogP contribution in [0.3, 0.4) is 0 Å². The molecule has 0 aliphatic carbocycles. The number of nitrogens with zero attached hydrogens (tertiary/aromatic N) is 3. The topological polar surface area (TPSA) is 19.4 Å². The summed E-state index contributed by atoms with van der Waals surface area (Å²) >= 11 is 0. The van der Waals surface area contributed by atoms with Crippen LogP contribution in [0.1, 0.15) is 29.5 Å². The van der Waals surface area contributed by atoms with Crippen molar-refractivity contribution in [3.8, 4) is 0 Å². The zero-order valence-corrected chi connectivity index (χ0v) is 13.7. The molecule has 0 bridgehead atoms. The molecule has 1 aromatic carbocycles. The second-order valence-corrected chi connectivity index (χ2v) is 6.86. The van der Waals surface area contributed by atoms with E-state index in [-0.39, 0.29) is 0 Å². The maximum absolute atomic E-state index is 4.30. The fraction of sp³-hybridized carbons (Fsp3) is 0.450. The minimum absolute atomic E-state index is 0.746. The van der Waals surface area contributed by atoms with E-state index in [1.807, 2.05) is 6.20 Å². The van der Waals surface area contributed by atoms with Gasteiger partial charge in [0, 0.05) is 38.1 Å². The summed E-state index contributed by atoms with van der Waals surface area (Å²) in [6, 6.07) is 13.8. The average Bonchev–Trinajstić information content (AvgIpc) is 2.63. The molecular formula is C20H25N3. The fourth-order valence-electron chi connectivity index (χ4n) is 4.00. The molecule has 2 aliphatic rings. The number of hydrogen-bond acceptors (Lipinski definition) is 3. The summed E-state index contributed by atoms with van der Waals surface area (Å²) in [7, 11) is 0. The van der Waals surface area contributed by atoms with Crippen LogP contribution in [-0.4, -0.2) is 40.5 Å². The number of rotatable bonds is 3. The Bertz CT molecular complexity index is 632. The molecule has 2 aliphatic heterocycles. The molecule has 0 unspecified atom stereocenters. The van der Waals surface area contributed by atoms with Crippen molar-refractivity contribution in [1.82, 2.24) is 14.8 Å². The molecule has 0 saturated carbocycles. The van der Waals surface area contributed by atoms with Gasteiger partial charge in [-0.1, -0.05) is 30.3 Å². The first-order valence-corrected chi connectivity index (χ1v) is 8.80. The van der Waals surface area contributed by atoms with Gasteiger partial charge in [-0.3, -0.25) is 14.8 Å². The van der Waals surface area contributed by atoms with E-state index in [1.165, 1.54) is 55.6 Å². The van der Waals surface area contributed by atoms with Crippen molar-refractivity contribution in [2.75, 3.05) is 19.6 Å². The number of hydrogen-bond donors (Lipinski definition) is 0. The van der Waals surface area contributed by atoms with Crippen LogP contribution in [0.4, 0.5) is 0 Å². The average molecular weight is 307 g/mol. The molecular weight excluding hydrogens is 282 g/mol. The van der Waals surface area contributed by atoms with Crippen molar-refractivity contribution in [1.29, 1.82) is 0 Å². The highest BCUT2D eigenvalue weighted by Crippen LogP contribution is 2.24. The van der Waals surface area contributed by atoms with E-state index in [1.54, 1.807) is 0 Å². The molecule has 3 nitrogen and oxygen atoms in total. The zero-order chi connectivity index (χ0) is 15.5. The van der Waals surface area contributed by atoms with Crippen molar-refractivity contribution in [3.63, 3.8) is 0 Å². The van der Waals surface area contributed by atoms with Crippen LogP contribution in [0.2, 0.25) is 0 Å². The third kappa shape index (κ3) is 3.46. The number of pyridine rings is 1. The van der Waals surface area contributed by atoms with Gasteiger partial charge in [0.2, 0.25) is 0 Å². The summed E-state index contributed by atoms with van der Waals surface area (Å²) in [4.78, 5) is 9.59. The van der Waals surface area contributed by atoms with E-state index in [4.69, 9.17) is 0 Å². The number of aromatic nitrogens is 1. The molecule has 1 aromatic heterocycles. The van der Waals surface area contributed by atoms with Crippen LogP contribution < -0.4 is 0 Å². The predicted octanol–water partition coefficient (Wildman–Crippen LogP) is 3.10. The molecule has 0 radical (unpaired) electrons. The monoisotopic (exact) mass is 307 g/mol. The van der Waals surface area contributed by atoms with Gasteiger partial charge in [0.05, 0.1) is 0 Å². The summed E-state index contributed by atoms with van der Waals surface area (Å²) in [5.74, 6) is 0. The molecule has 23 heavy (non-hydrogen) atoms. The molecule has 0 N–H and O–H groups in total. The highest BCUT2D eigenvalue weighted by Gasteiger charge is 2.27. The Balaban J connectivity index is 1.32. The first-order chi connectivity index (χ1) is 11.4. The Morgan fingerprint density at radius 1 is 0.957 bits per heavy atom. The molecule has 3 heterocycles. The Hall–Kier alpha value is -1.71. The van der Waals surface area contributed by atoms with Gasteiger partial charge in [-0.05, 0) is 55.1 Å².